The summed E-state index contributed by atoms with van der Waals surface area (Å²) >= 11 is 6.26. The van der Waals surface area contributed by atoms with Gasteiger partial charge in [-0.05, 0) is 55.1 Å². The Bertz CT molecular complexity index is 1450. The molecule has 1 saturated heterocycles. The average molecular weight is 698 g/mol. The van der Waals surface area contributed by atoms with Crippen LogP contribution in [0.25, 0.3) is 0 Å². The number of likely N-dealkylation sites (N-methyl/N-ethyl adjacent to an activating group) is 1. The van der Waals surface area contributed by atoms with Gasteiger partial charge in [0.1, 0.15) is 12.1 Å². The van der Waals surface area contributed by atoms with Crippen LogP contribution in [0.5, 0.6) is 0 Å². The lowest BCUT2D eigenvalue weighted by atomic mass is 9.85. The van der Waals surface area contributed by atoms with E-state index in [-0.39, 0.29) is 24.8 Å². The van der Waals surface area contributed by atoms with E-state index in [1.54, 1.807) is 12.1 Å². The van der Waals surface area contributed by atoms with Gasteiger partial charge in [-0.15, -0.1) is 0 Å². The summed E-state index contributed by atoms with van der Waals surface area (Å²) in [5.74, 6) is -1.84. The third-order valence-corrected chi connectivity index (χ3v) is 10.7. The van der Waals surface area contributed by atoms with Crippen molar-refractivity contribution < 1.29 is 28.8 Å². The summed E-state index contributed by atoms with van der Waals surface area (Å²) in [6, 6.07) is 4.30. The lowest BCUT2D eigenvalue weighted by Crippen LogP contribution is -2.59. The fourth-order valence-electron chi connectivity index (χ4n) is 7.44. The summed E-state index contributed by atoms with van der Waals surface area (Å²) in [6.07, 6.45) is 10.6. The number of amides is 4. The Hall–Kier alpha value is -3.47. The molecule has 268 valence electrons. The lowest BCUT2D eigenvalue weighted by Gasteiger charge is -2.36. The highest BCUT2D eigenvalue weighted by Crippen LogP contribution is 2.40. The van der Waals surface area contributed by atoms with E-state index in [0.717, 1.165) is 44.1 Å². The predicted molar refractivity (Wildman–Crippen MR) is 187 cm³/mol. The maximum atomic E-state index is 14.6. The molecule has 12 heteroatoms. The van der Waals surface area contributed by atoms with E-state index in [1.165, 1.54) is 24.8 Å². The number of benzene rings is 1. The Morgan fingerprint density at radius 3 is 2.37 bits per heavy atom. The smallest absolute Gasteiger partial charge is 0.289 e. The number of nitrogens with zero attached hydrogens (tertiary/aromatic N) is 2. The topological polar surface area (TPSA) is 146 Å². The van der Waals surface area contributed by atoms with Gasteiger partial charge in [-0.1, -0.05) is 88.2 Å². The first kappa shape index (κ1) is 36.8. The molecule has 3 fully saturated rings. The molecule has 0 radical (unpaired) electrons. The second kappa shape index (κ2) is 15.6. The molecule has 4 aliphatic rings. The molecule has 1 aromatic carbocycles. The summed E-state index contributed by atoms with van der Waals surface area (Å²) in [4.78, 5) is 75.3. The zero-order valence-corrected chi connectivity index (χ0v) is 30.1. The normalized spacial score (nSPS) is 24.0. The van der Waals surface area contributed by atoms with Crippen molar-refractivity contribution in [2.45, 2.75) is 128 Å². The van der Waals surface area contributed by atoms with E-state index in [2.05, 4.69) is 21.1 Å². The summed E-state index contributed by atoms with van der Waals surface area (Å²) in [7, 11) is 1.38. The molecule has 0 unspecified atom stereocenters. The van der Waals surface area contributed by atoms with E-state index in [4.69, 9.17) is 16.4 Å². The third-order valence-electron chi connectivity index (χ3n) is 10.5. The third kappa shape index (κ3) is 9.41. The number of hydrogen-bond donors (Lipinski definition) is 3. The number of carbonyl (C=O) groups excluding carboxylic acids is 5. The summed E-state index contributed by atoms with van der Waals surface area (Å²) < 4.78 is 0. The van der Waals surface area contributed by atoms with Gasteiger partial charge >= 0.3 is 0 Å². The highest BCUT2D eigenvalue weighted by molar-refractivity contribution is 6.38. The van der Waals surface area contributed by atoms with Crippen LogP contribution in [0.15, 0.2) is 29.4 Å². The molecule has 2 aliphatic carbocycles. The first-order valence-electron chi connectivity index (χ1n) is 18.0. The standard InChI is InChI=1S/C37H52ClN5O6/c1-36(2,3)32(41-30(44)18-24-10-7-5-6-8-11-24)35(48)43-22-37(20-28(42-49-37)25-12-9-13-26(38)19-25)21-29(43)33(46)40-27(17-16-23-14-15-23)31(45)34(47)39-4/h9,12-13,19,23-24,27,29,32H,5-8,10-11,14-18,20-22H2,1-4H3,(H,39,47)(H,40,46)(H,41,44)/t27-,29-,32+,37+/m0/s1. The van der Waals surface area contributed by atoms with Crippen LogP contribution in [0.2, 0.25) is 5.02 Å². The molecule has 2 heterocycles. The van der Waals surface area contributed by atoms with Crippen molar-refractivity contribution in [2.75, 3.05) is 13.6 Å². The highest BCUT2D eigenvalue weighted by Gasteiger charge is 2.55. The Balaban J connectivity index is 1.39. The van der Waals surface area contributed by atoms with Crippen molar-refractivity contribution in [3.8, 4) is 0 Å². The Kier molecular flexibility index (Phi) is 11.7. The molecule has 4 amide bonds. The summed E-state index contributed by atoms with van der Waals surface area (Å²) in [6.45, 7) is 5.74. The van der Waals surface area contributed by atoms with Crippen LogP contribution in [0, 0.1) is 17.3 Å². The molecule has 1 spiro atoms. The highest BCUT2D eigenvalue weighted by atomic mass is 35.5. The van der Waals surface area contributed by atoms with Gasteiger partial charge in [0.2, 0.25) is 23.5 Å². The summed E-state index contributed by atoms with van der Waals surface area (Å²) in [5.41, 5.74) is -0.244. The van der Waals surface area contributed by atoms with Crippen LogP contribution in [-0.2, 0) is 28.8 Å². The molecule has 5 rings (SSSR count). The Morgan fingerprint density at radius 1 is 1.02 bits per heavy atom. The molecule has 49 heavy (non-hydrogen) atoms. The number of rotatable bonds is 12. The lowest BCUT2D eigenvalue weighted by molar-refractivity contribution is -0.145. The SMILES string of the molecule is CNC(=O)C(=O)[C@H](CCC1CC1)NC(=O)[C@@H]1C[C@]2(CC(c3cccc(Cl)c3)=NO2)CN1C(=O)[C@@H](NC(=O)CC1CCCCCC1)C(C)(C)C. The van der Waals surface area contributed by atoms with Gasteiger partial charge in [-0.25, -0.2) is 0 Å². The molecule has 11 nitrogen and oxygen atoms in total. The number of ketones is 1. The fourth-order valence-corrected chi connectivity index (χ4v) is 7.63. The number of halogens is 1. The van der Waals surface area contributed by atoms with Gasteiger partial charge in [0.05, 0.1) is 18.3 Å². The van der Waals surface area contributed by atoms with Gasteiger partial charge in [-0.2, -0.15) is 0 Å². The average Bonchev–Trinajstić information content (AvgIpc) is 3.76. The van der Waals surface area contributed by atoms with E-state index >= 15 is 0 Å². The number of likely N-dealkylation sites (tertiary alicyclic amines) is 1. The van der Waals surface area contributed by atoms with Crippen molar-refractivity contribution >= 4 is 46.7 Å². The molecule has 1 aromatic rings. The molecule has 4 atom stereocenters. The molecule has 0 bridgehead atoms. The van der Waals surface area contributed by atoms with E-state index in [1.807, 2.05) is 32.9 Å². The van der Waals surface area contributed by atoms with Crippen molar-refractivity contribution in [3.05, 3.63) is 34.9 Å². The molecule has 0 aromatic heterocycles. The minimum Gasteiger partial charge on any atom is -0.387 e. The van der Waals surface area contributed by atoms with Gasteiger partial charge < -0.3 is 25.7 Å². The van der Waals surface area contributed by atoms with Crippen molar-refractivity contribution in [1.82, 2.24) is 20.9 Å². The van der Waals surface area contributed by atoms with Crippen LogP contribution in [-0.4, -0.2) is 77.3 Å². The number of hydrogen-bond acceptors (Lipinski definition) is 7. The van der Waals surface area contributed by atoms with Gasteiger partial charge in [-0.3, -0.25) is 24.0 Å². The maximum Gasteiger partial charge on any atom is 0.289 e. The second-order valence-corrected chi connectivity index (χ2v) is 16.1. The van der Waals surface area contributed by atoms with Crippen LogP contribution >= 0.6 is 11.6 Å². The van der Waals surface area contributed by atoms with Crippen molar-refractivity contribution in [2.24, 2.45) is 22.4 Å². The Labute approximate surface area is 294 Å². The number of nitrogens with one attached hydrogen (secondary N) is 3. The molecule has 3 N–H and O–H groups in total. The fraction of sp³-hybridized carbons (Fsp3) is 0.676. The predicted octanol–water partition coefficient (Wildman–Crippen LogP) is 4.69. The monoisotopic (exact) mass is 697 g/mol. The number of oxime groups is 1. The minimum atomic E-state index is -1.03. The minimum absolute atomic E-state index is 0.0543. The summed E-state index contributed by atoms with van der Waals surface area (Å²) in [5, 5.41) is 13.2. The second-order valence-electron chi connectivity index (χ2n) is 15.6. The molecular weight excluding hydrogens is 646 g/mol. The van der Waals surface area contributed by atoms with E-state index < -0.39 is 52.6 Å². The van der Waals surface area contributed by atoms with Crippen LogP contribution < -0.4 is 16.0 Å². The zero-order chi connectivity index (χ0) is 35.3. The van der Waals surface area contributed by atoms with Gasteiger partial charge in [0, 0.05) is 36.9 Å². The molecule has 2 saturated carbocycles. The van der Waals surface area contributed by atoms with Crippen molar-refractivity contribution in [3.63, 3.8) is 0 Å². The maximum absolute atomic E-state index is 14.6. The van der Waals surface area contributed by atoms with Gasteiger partial charge in [0.15, 0.2) is 5.60 Å². The first-order valence-corrected chi connectivity index (χ1v) is 18.3. The first-order chi connectivity index (χ1) is 23.3. The zero-order valence-electron chi connectivity index (χ0n) is 29.3. The van der Waals surface area contributed by atoms with Crippen LogP contribution in [0.1, 0.15) is 110 Å². The van der Waals surface area contributed by atoms with E-state index in [0.29, 0.717) is 42.3 Å². The largest absolute Gasteiger partial charge is 0.387 e. The molecular formula is C37H52ClN5O6. The van der Waals surface area contributed by atoms with Crippen molar-refractivity contribution in [1.29, 1.82) is 0 Å². The number of Topliss-reactive ketones (excluding diaryl/α,β-unsaturated/α-hetero) is 1. The molecule has 2 aliphatic heterocycles. The number of carbonyl (C=O) groups is 5. The quantitative estimate of drug-likeness (QED) is 0.214. The van der Waals surface area contributed by atoms with Crippen LogP contribution in [0.4, 0.5) is 0 Å². The van der Waals surface area contributed by atoms with Gasteiger partial charge in [0.25, 0.3) is 5.91 Å². The van der Waals surface area contributed by atoms with Crippen LogP contribution in [0.3, 0.4) is 0 Å². The van der Waals surface area contributed by atoms with E-state index in [9.17, 15) is 24.0 Å². The Morgan fingerprint density at radius 2 is 1.73 bits per heavy atom.